The number of para-hydroxylation sites is 1. The molecule has 168 valence electrons. The van der Waals surface area contributed by atoms with Gasteiger partial charge in [-0.15, -0.1) is 0 Å². The van der Waals surface area contributed by atoms with E-state index in [0.29, 0.717) is 43.8 Å². The van der Waals surface area contributed by atoms with Crippen molar-refractivity contribution >= 4 is 32.7 Å². The maximum atomic E-state index is 13.4. The number of nitrogens with zero attached hydrogens (tertiary/aromatic N) is 2. The van der Waals surface area contributed by atoms with Crippen LogP contribution in [0, 0.1) is 0 Å². The minimum Gasteiger partial charge on any atom is -0.497 e. The second kappa shape index (κ2) is 9.33. The molecule has 0 atom stereocenters. The van der Waals surface area contributed by atoms with Gasteiger partial charge in [0.1, 0.15) is 17.2 Å². The first-order valence-corrected chi connectivity index (χ1v) is 10.6. The SMILES string of the molecule is COc1cc(OC)cc(-c2nc3ccccc3c(=O)n2NC(=O)c2cc(OC)ccc2Br)c1. The number of ether oxygens (including phenoxy) is 3. The van der Waals surface area contributed by atoms with Crippen molar-refractivity contribution in [2.24, 2.45) is 0 Å². The number of amides is 1. The molecule has 0 unspecified atom stereocenters. The molecule has 1 heterocycles. The maximum Gasteiger partial charge on any atom is 0.280 e. The summed E-state index contributed by atoms with van der Waals surface area (Å²) < 4.78 is 17.6. The Morgan fingerprint density at radius 3 is 2.24 bits per heavy atom. The molecule has 0 aliphatic heterocycles. The zero-order valence-electron chi connectivity index (χ0n) is 18.1. The molecule has 33 heavy (non-hydrogen) atoms. The third-order valence-corrected chi connectivity index (χ3v) is 5.71. The van der Waals surface area contributed by atoms with Crippen LogP contribution in [0.25, 0.3) is 22.3 Å². The van der Waals surface area contributed by atoms with Crippen LogP contribution in [0.5, 0.6) is 17.2 Å². The molecule has 0 aliphatic carbocycles. The van der Waals surface area contributed by atoms with Crippen LogP contribution in [0.1, 0.15) is 10.4 Å². The number of nitrogens with one attached hydrogen (secondary N) is 1. The Bertz CT molecular complexity index is 1400. The van der Waals surface area contributed by atoms with Gasteiger partial charge in [-0.1, -0.05) is 12.1 Å². The first-order chi connectivity index (χ1) is 15.9. The van der Waals surface area contributed by atoms with Gasteiger partial charge in [-0.05, 0) is 58.4 Å². The summed E-state index contributed by atoms with van der Waals surface area (Å²) in [7, 11) is 4.57. The van der Waals surface area contributed by atoms with Crippen LogP contribution in [0.4, 0.5) is 0 Å². The standard InChI is InChI=1S/C24H20BrN3O5/c1-31-15-8-9-20(25)19(13-15)23(29)27-28-22(14-10-16(32-2)12-17(11-14)33-3)26-21-7-5-4-6-18(21)24(28)30/h4-13H,1-3H3,(H,27,29). The number of halogens is 1. The van der Waals surface area contributed by atoms with E-state index in [2.05, 4.69) is 26.3 Å². The van der Waals surface area contributed by atoms with Crippen molar-refractivity contribution in [3.05, 3.63) is 81.1 Å². The van der Waals surface area contributed by atoms with Crippen LogP contribution in [0.3, 0.4) is 0 Å². The van der Waals surface area contributed by atoms with Crippen LogP contribution in [0.15, 0.2) is 69.9 Å². The summed E-state index contributed by atoms with van der Waals surface area (Å²) in [6.45, 7) is 0. The summed E-state index contributed by atoms with van der Waals surface area (Å²) in [6.07, 6.45) is 0. The lowest BCUT2D eigenvalue weighted by molar-refractivity contribution is 0.101. The topological polar surface area (TPSA) is 91.7 Å². The number of aromatic nitrogens is 2. The largest absolute Gasteiger partial charge is 0.497 e. The number of hydrogen-bond donors (Lipinski definition) is 1. The average Bonchev–Trinajstić information content (AvgIpc) is 2.85. The molecule has 4 aromatic rings. The van der Waals surface area contributed by atoms with E-state index >= 15 is 0 Å². The fraction of sp³-hybridized carbons (Fsp3) is 0.125. The van der Waals surface area contributed by atoms with Gasteiger partial charge < -0.3 is 14.2 Å². The van der Waals surface area contributed by atoms with Crippen molar-refractivity contribution in [2.75, 3.05) is 26.8 Å². The van der Waals surface area contributed by atoms with Gasteiger partial charge in [-0.3, -0.25) is 15.0 Å². The molecule has 1 aromatic heterocycles. The summed E-state index contributed by atoms with van der Waals surface area (Å²) in [4.78, 5) is 31.3. The highest BCUT2D eigenvalue weighted by Gasteiger charge is 2.19. The van der Waals surface area contributed by atoms with E-state index in [9.17, 15) is 9.59 Å². The Kier molecular flexibility index (Phi) is 6.32. The number of carbonyl (C=O) groups is 1. The molecular weight excluding hydrogens is 490 g/mol. The van der Waals surface area contributed by atoms with E-state index in [1.165, 1.54) is 21.3 Å². The second-order valence-corrected chi connectivity index (χ2v) is 7.84. The molecule has 0 radical (unpaired) electrons. The lowest BCUT2D eigenvalue weighted by Gasteiger charge is -2.16. The number of benzene rings is 3. The smallest absolute Gasteiger partial charge is 0.280 e. The minimum atomic E-state index is -0.518. The van der Waals surface area contributed by atoms with Crippen LogP contribution in [0.2, 0.25) is 0 Å². The van der Waals surface area contributed by atoms with Gasteiger partial charge >= 0.3 is 0 Å². The molecular formula is C24H20BrN3O5. The van der Waals surface area contributed by atoms with Crippen molar-refractivity contribution in [1.82, 2.24) is 9.66 Å². The Morgan fingerprint density at radius 1 is 0.909 bits per heavy atom. The van der Waals surface area contributed by atoms with E-state index in [1.807, 2.05) is 0 Å². The number of hydrogen-bond acceptors (Lipinski definition) is 6. The summed E-state index contributed by atoms with van der Waals surface area (Å²) in [6, 6.07) is 17.1. The third-order valence-electron chi connectivity index (χ3n) is 5.02. The summed E-state index contributed by atoms with van der Waals surface area (Å²) >= 11 is 3.38. The molecule has 8 nitrogen and oxygen atoms in total. The van der Waals surface area contributed by atoms with Crippen LogP contribution in [-0.4, -0.2) is 36.9 Å². The van der Waals surface area contributed by atoms with Gasteiger partial charge in [-0.25, -0.2) is 4.98 Å². The molecule has 0 bridgehead atoms. The molecule has 9 heteroatoms. The number of methoxy groups -OCH3 is 3. The second-order valence-electron chi connectivity index (χ2n) is 6.98. The summed E-state index contributed by atoms with van der Waals surface area (Å²) in [5.41, 5.74) is 3.58. The zero-order valence-corrected chi connectivity index (χ0v) is 19.7. The van der Waals surface area contributed by atoms with E-state index in [4.69, 9.17) is 14.2 Å². The van der Waals surface area contributed by atoms with Gasteiger partial charge in [0.25, 0.3) is 11.5 Å². The van der Waals surface area contributed by atoms with Crippen molar-refractivity contribution < 1.29 is 19.0 Å². The molecule has 4 rings (SSSR count). The number of rotatable bonds is 6. The molecule has 0 fully saturated rings. The first kappa shape index (κ1) is 22.3. The number of fused-ring (bicyclic) bond motifs is 1. The highest BCUT2D eigenvalue weighted by Crippen LogP contribution is 2.29. The van der Waals surface area contributed by atoms with E-state index in [-0.39, 0.29) is 5.82 Å². The molecule has 3 aromatic carbocycles. The van der Waals surface area contributed by atoms with E-state index in [0.717, 1.165) is 4.68 Å². The van der Waals surface area contributed by atoms with Crippen molar-refractivity contribution in [2.45, 2.75) is 0 Å². The Morgan fingerprint density at radius 2 is 1.58 bits per heavy atom. The lowest BCUT2D eigenvalue weighted by Crippen LogP contribution is -2.35. The van der Waals surface area contributed by atoms with Crippen molar-refractivity contribution in [3.8, 4) is 28.6 Å². The first-order valence-electron chi connectivity index (χ1n) is 9.85. The summed E-state index contributed by atoms with van der Waals surface area (Å²) in [5, 5.41) is 0.362. The van der Waals surface area contributed by atoms with E-state index < -0.39 is 11.5 Å². The molecule has 0 spiro atoms. The highest BCUT2D eigenvalue weighted by atomic mass is 79.9. The average molecular weight is 510 g/mol. The Labute approximate surface area is 197 Å². The van der Waals surface area contributed by atoms with Gasteiger partial charge in [0.05, 0.1) is 37.8 Å². The quantitative estimate of drug-likeness (QED) is 0.418. The van der Waals surface area contributed by atoms with Crippen molar-refractivity contribution in [3.63, 3.8) is 0 Å². The van der Waals surface area contributed by atoms with Gasteiger partial charge in [0.15, 0.2) is 5.82 Å². The zero-order chi connectivity index (χ0) is 23.5. The maximum absolute atomic E-state index is 13.4. The molecule has 1 amide bonds. The molecule has 1 N–H and O–H groups in total. The van der Waals surface area contributed by atoms with Gasteiger partial charge in [0.2, 0.25) is 0 Å². The van der Waals surface area contributed by atoms with E-state index in [1.54, 1.807) is 60.7 Å². The Hall–Kier alpha value is -3.85. The fourth-order valence-electron chi connectivity index (χ4n) is 3.33. The number of carbonyl (C=O) groups excluding carboxylic acids is 1. The van der Waals surface area contributed by atoms with Crippen LogP contribution >= 0.6 is 15.9 Å². The monoisotopic (exact) mass is 509 g/mol. The normalized spacial score (nSPS) is 10.7. The molecule has 0 saturated carbocycles. The summed E-state index contributed by atoms with van der Waals surface area (Å²) in [5.74, 6) is 1.24. The molecule has 0 saturated heterocycles. The predicted octanol–water partition coefficient (Wildman–Crippen LogP) is 4.24. The predicted molar refractivity (Wildman–Crippen MR) is 129 cm³/mol. The van der Waals surface area contributed by atoms with Crippen LogP contribution in [-0.2, 0) is 0 Å². The van der Waals surface area contributed by atoms with Crippen LogP contribution < -0.4 is 25.2 Å². The third kappa shape index (κ3) is 4.40. The fourth-order valence-corrected chi connectivity index (χ4v) is 3.76. The molecule has 0 aliphatic rings. The van der Waals surface area contributed by atoms with Gasteiger partial charge in [0, 0.05) is 16.1 Å². The Balaban J connectivity index is 1.92. The lowest BCUT2D eigenvalue weighted by atomic mass is 10.1. The van der Waals surface area contributed by atoms with Gasteiger partial charge in [-0.2, -0.15) is 4.68 Å². The highest BCUT2D eigenvalue weighted by molar-refractivity contribution is 9.10. The minimum absolute atomic E-state index is 0.225. The van der Waals surface area contributed by atoms with Crippen molar-refractivity contribution in [1.29, 1.82) is 0 Å².